The number of amides is 2. The van der Waals surface area contributed by atoms with Crippen LogP contribution in [0.2, 0.25) is 5.02 Å². The van der Waals surface area contributed by atoms with Crippen molar-refractivity contribution in [1.82, 2.24) is 4.90 Å². The molecule has 2 amide bonds. The number of methoxy groups -OCH3 is 1. The first-order valence-corrected chi connectivity index (χ1v) is 14.1. The maximum Gasteiger partial charge on any atom is 0.262 e. The van der Waals surface area contributed by atoms with Gasteiger partial charge < -0.3 is 13.9 Å². The van der Waals surface area contributed by atoms with E-state index >= 15 is 0 Å². The zero-order chi connectivity index (χ0) is 25.4. The molecule has 0 N–H and O–H groups in total. The quantitative estimate of drug-likeness (QED) is 0.109. The summed E-state index contributed by atoms with van der Waals surface area (Å²) in [4.78, 5) is 28.6. The molecule has 4 aromatic rings. The summed E-state index contributed by atoms with van der Waals surface area (Å²) in [5.41, 5.74) is 2.93. The van der Waals surface area contributed by atoms with Gasteiger partial charge in [0.05, 0.1) is 24.8 Å². The summed E-state index contributed by atoms with van der Waals surface area (Å²) in [6, 6.07) is 12.6. The Morgan fingerprint density at radius 3 is 2.39 bits per heavy atom. The third-order valence-electron chi connectivity index (χ3n) is 6.18. The summed E-state index contributed by atoms with van der Waals surface area (Å²) in [5.74, 6) is 0.406. The van der Waals surface area contributed by atoms with Crippen LogP contribution in [0.25, 0.3) is 33.1 Å². The van der Waals surface area contributed by atoms with Crippen molar-refractivity contribution < 1.29 is 23.5 Å². The number of furan rings is 1. The van der Waals surface area contributed by atoms with Gasteiger partial charge in [-0.05, 0) is 31.0 Å². The highest BCUT2D eigenvalue weighted by Gasteiger charge is 2.40. The smallest absolute Gasteiger partial charge is 0.262 e. The SMILES string of the molecule is COc1cc2c(cc1OCCCBr)oc1cc(-c3ccccc3Cl)c3c(c12)C(=O)N(CCCBr)C3=O. The third-order valence-corrected chi connectivity index (χ3v) is 7.63. The van der Waals surface area contributed by atoms with Gasteiger partial charge in [0.2, 0.25) is 0 Å². The largest absolute Gasteiger partial charge is 0.493 e. The van der Waals surface area contributed by atoms with E-state index in [9.17, 15) is 9.59 Å². The number of alkyl halides is 2. The second-order valence-electron chi connectivity index (χ2n) is 8.32. The maximum atomic E-state index is 13.7. The minimum Gasteiger partial charge on any atom is -0.493 e. The van der Waals surface area contributed by atoms with E-state index in [1.165, 1.54) is 4.90 Å². The van der Waals surface area contributed by atoms with Crippen molar-refractivity contribution in [3.8, 4) is 22.6 Å². The van der Waals surface area contributed by atoms with Crippen molar-refractivity contribution in [2.75, 3.05) is 30.9 Å². The van der Waals surface area contributed by atoms with Crippen molar-refractivity contribution in [2.45, 2.75) is 12.8 Å². The molecule has 2 heterocycles. The highest BCUT2D eigenvalue weighted by atomic mass is 79.9. The molecule has 0 unspecified atom stereocenters. The van der Waals surface area contributed by atoms with Crippen LogP contribution in [0.3, 0.4) is 0 Å². The van der Waals surface area contributed by atoms with Crippen molar-refractivity contribution in [1.29, 1.82) is 0 Å². The summed E-state index contributed by atoms with van der Waals surface area (Å²) < 4.78 is 17.7. The Kier molecular flexibility index (Phi) is 7.28. The van der Waals surface area contributed by atoms with Crippen molar-refractivity contribution in [2.24, 2.45) is 0 Å². The number of hydrogen-bond acceptors (Lipinski definition) is 5. The fourth-order valence-corrected chi connectivity index (χ4v) is 5.28. The monoisotopic (exact) mass is 633 g/mol. The molecule has 36 heavy (non-hydrogen) atoms. The molecule has 0 bridgehead atoms. The van der Waals surface area contributed by atoms with E-state index in [-0.39, 0.29) is 11.8 Å². The molecule has 0 fully saturated rings. The lowest BCUT2D eigenvalue weighted by atomic mass is 9.93. The van der Waals surface area contributed by atoms with Gasteiger partial charge in [0.25, 0.3) is 11.8 Å². The van der Waals surface area contributed by atoms with Gasteiger partial charge in [-0.25, -0.2) is 0 Å². The van der Waals surface area contributed by atoms with Gasteiger partial charge in [0, 0.05) is 50.2 Å². The van der Waals surface area contributed by atoms with Crippen LogP contribution in [-0.4, -0.2) is 47.6 Å². The number of imide groups is 1. The lowest BCUT2D eigenvalue weighted by molar-refractivity contribution is 0.0656. The number of rotatable bonds is 9. The van der Waals surface area contributed by atoms with Crippen LogP contribution in [0, 0.1) is 0 Å². The normalized spacial score (nSPS) is 13.2. The fraction of sp³-hybridized carbons (Fsp3) is 0.259. The minimum absolute atomic E-state index is 0.311. The molecule has 1 aromatic heterocycles. The predicted octanol–water partition coefficient (Wildman–Crippen LogP) is 7.46. The van der Waals surface area contributed by atoms with Gasteiger partial charge in [0.15, 0.2) is 11.5 Å². The van der Waals surface area contributed by atoms with Crippen LogP contribution in [0.5, 0.6) is 11.5 Å². The van der Waals surface area contributed by atoms with Crippen molar-refractivity contribution in [3.05, 3.63) is 58.6 Å². The van der Waals surface area contributed by atoms with Gasteiger partial charge in [-0.1, -0.05) is 61.7 Å². The van der Waals surface area contributed by atoms with E-state index in [4.69, 9.17) is 25.5 Å². The zero-order valence-corrected chi connectivity index (χ0v) is 23.3. The second-order valence-corrected chi connectivity index (χ2v) is 10.3. The van der Waals surface area contributed by atoms with Crippen LogP contribution in [0.1, 0.15) is 33.6 Å². The molecule has 3 aromatic carbocycles. The number of nitrogens with zero attached hydrogens (tertiary/aromatic N) is 1. The number of carbonyl (C=O) groups is 2. The molecule has 186 valence electrons. The van der Waals surface area contributed by atoms with Crippen molar-refractivity contribution in [3.63, 3.8) is 0 Å². The predicted molar refractivity (Wildman–Crippen MR) is 148 cm³/mol. The number of benzene rings is 3. The number of ether oxygens (including phenoxy) is 2. The number of fused-ring (bicyclic) bond motifs is 5. The van der Waals surface area contributed by atoms with Crippen molar-refractivity contribution >= 4 is 77.2 Å². The highest BCUT2D eigenvalue weighted by molar-refractivity contribution is 9.09. The Hall–Kier alpha value is -2.55. The summed E-state index contributed by atoms with van der Waals surface area (Å²) in [6.45, 7) is 0.820. The molecule has 0 saturated heterocycles. The van der Waals surface area contributed by atoms with E-state index in [2.05, 4.69) is 31.9 Å². The Bertz CT molecular complexity index is 1500. The molecule has 5 rings (SSSR count). The molecule has 0 atom stereocenters. The van der Waals surface area contributed by atoms with Gasteiger partial charge in [-0.15, -0.1) is 0 Å². The Labute approximate surface area is 229 Å². The Morgan fingerprint density at radius 1 is 0.917 bits per heavy atom. The van der Waals surface area contributed by atoms with Crippen LogP contribution in [0.15, 0.2) is 46.9 Å². The Balaban J connectivity index is 1.80. The van der Waals surface area contributed by atoms with E-state index in [1.807, 2.05) is 18.2 Å². The van der Waals surface area contributed by atoms with E-state index in [1.54, 1.807) is 31.4 Å². The third kappa shape index (κ3) is 4.19. The molecule has 0 aliphatic carbocycles. The molecule has 1 aliphatic heterocycles. The highest BCUT2D eigenvalue weighted by Crippen LogP contribution is 2.45. The molecule has 0 radical (unpaired) electrons. The second kappa shape index (κ2) is 10.4. The van der Waals surface area contributed by atoms with Crippen LogP contribution < -0.4 is 9.47 Å². The standard InChI is InChI=1S/C27H22Br2ClNO5/c1-34-20-13-17-19(14-21(20)35-11-5-9-29)36-22-12-16(15-6-2-3-7-18(15)30)24-25(23(17)22)27(33)31(26(24)32)10-4-8-28/h2-3,6-7,12-14H,4-5,8-11H2,1H3. The lowest BCUT2D eigenvalue weighted by Crippen LogP contribution is -2.31. The van der Waals surface area contributed by atoms with Gasteiger partial charge >= 0.3 is 0 Å². The van der Waals surface area contributed by atoms with E-state index in [0.29, 0.717) is 85.6 Å². The number of carbonyl (C=O) groups excluding carboxylic acids is 2. The topological polar surface area (TPSA) is 69.0 Å². The average Bonchev–Trinajstić information content (AvgIpc) is 3.35. The summed E-state index contributed by atoms with van der Waals surface area (Å²) >= 11 is 13.3. The van der Waals surface area contributed by atoms with Crippen LogP contribution in [0.4, 0.5) is 0 Å². The molecule has 6 nitrogen and oxygen atoms in total. The van der Waals surface area contributed by atoms with Gasteiger partial charge in [-0.2, -0.15) is 0 Å². The minimum atomic E-state index is -0.339. The fourth-order valence-electron chi connectivity index (χ4n) is 4.57. The molecule has 1 aliphatic rings. The summed E-state index contributed by atoms with van der Waals surface area (Å²) in [6.07, 6.45) is 1.47. The van der Waals surface area contributed by atoms with Gasteiger partial charge in [0.1, 0.15) is 11.2 Å². The molecule has 0 spiro atoms. The lowest BCUT2D eigenvalue weighted by Gasteiger charge is -2.13. The molecule has 9 heteroatoms. The molecule has 0 saturated carbocycles. The first-order chi connectivity index (χ1) is 17.5. The maximum absolute atomic E-state index is 13.7. The van der Waals surface area contributed by atoms with Gasteiger partial charge in [-0.3, -0.25) is 14.5 Å². The van der Waals surface area contributed by atoms with Crippen LogP contribution in [-0.2, 0) is 0 Å². The first kappa shape index (κ1) is 25.1. The first-order valence-electron chi connectivity index (χ1n) is 11.5. The molecular weight excluding hydrogens is 614 g/mol. The Morgan fingerprint density at radius 2 is 1.67 bits per heavy atom. The van der Waals surface area contributed by atoms with Crippen LogP contribution >= 0.6 is 43.5 Å². The summed E-state index contributed by atoms with van der Waals surface area (Å²) in [7, 11) is 1.57. The number of halogens is 3. The summed E-state index contributed by atoms with van der Waals surface area (Å²) in [5, 5.41) is 3.25. The number of hydrogen-bond donors (Lipinski definition) is 0. The van der Waals surface area contributed by atoms with E-state index < -0.39 is 0 Å². The van der Waals surface area contributed by atoms with E-state index in [0.717, 1.165) is 11.8 Å². The average molecular weight is 636 g/mol. The molecular formula is C27H22Br2ClNO5. The zero-order valence-electron chi connectivity index (χ0n) is 19.4.